The molecule has 0 spiro atoms. The van der Waals surface area contributed by atoms with Crippen molar-refractivity contribution in [3.63, 3.8) is 0 Å². The molecule has 0 unspecified atom stereocenters. The van der Waals surface area contributed by atoms with E-state index in [1.807, 2.05) is 0 Å². The van der Waals surface area contributed by atoms with E-state index in [2.05, 4.69) is 15.3 Å². The van der Waals surface area contributed by atoms with Crippen LogP contribution in [-0.4, -0.2) is 24.9 Å². The highest BCUT2D eigenvalue weighted by Crippen LogP contribution is 2.22. The first-order valence-electron chi connectivity index (χ1n) is 4.27. The number of hydrogen-bond donors (Lipinski definition) is 0. The van der Waals surface area contributed by atoms with Crippen molar-refractivity contribution in [1.82, 2.24) is 20.0 Å². The van der Waals surface area contributed by atoms with Gasteiger partial charge in [-0.2, -0.15) is 0 Å². The zero-order valence-corrected chi connectivity index (χ0v) is 8.92. The van der Waals surface area contributed by atoms with Crippen LogP contribution in [0.1, 0.15) is 5.69 Å². The molecule has 0 aliphatic carbocycles. The minimum Gasteiger partial charge on any atom is -0.258 e. The topological polar surface area (TPSA) is 86.7 Å². The van der Waals surface area contributed by atoms with Crippen LogP contribution >= 0.6 is 11.6 Å². The lowest BCUT2D eigenvalue weighted by atomic mass is 10.4. The monoisotopic (exact) mass is 239 g/mol. The van der Waals surface area contributed by atoms with E-state index in [9.17, 15) is 10.1 Å². The Morgan fingerprint density at radius 2 is 2.31 bits per heavy atom. The van der Waals surface area contributed by atoms with Gasteiger partial charge in [0.25, 0.3) is 5.69 Å². The molecule has 7 nitrogen and oxygen atoms in total. The Bertz CT molecular complexity index is 553. The number of halogens is 1. The summed E-state index contributed by atoms with van der Waals surface area (Å²) >= 11 is 5.86. The first kappa shape index (κ1) is 10.5. The lowest BCUT2D eigenvalue weighted by molar-refractivity contribution is -0.385. The summed E-state index contributed by atoms with van der Waals surface area (Å²) in [5.41, 5.74) is 0.543. The molecule has 0 aliphatic rings. The number of nitro groups is 1. The maximum absolute atomic E-state index is 10.5. The van der Waals surface area contributed by atoms with Crippen molar-refractivity contribution in [3.05, 3.63) is 39.3 Å². The van der Waals surface area contributed by atoms with Crippen LogP contribution in [0.5, 0.6) is 0 Å². The Labute approximate surface area is 94.8 Å². The van der Waals surface area contributed by atoms with E-state index >= 15 is 0 Å². The fourth-order valence-corrected chi connectivity index (χ4v) is 1.39. The van der Waals surface area contributed by atoms with Crippen molar-refractivity contribution in [3.8, 4) is 5.82 Å². The van der Waals surface area contributed by atoms with Gasteiger partial charge in [-0.1, -0.05) is 16.8 Å². The van der Waals surface area contributed by atoms with Crippen LogP contribution in [0.4, 0.5) is 5.69 Å². The molecule has 16 heavy (non-hydrogen) atoms. The van der Waals surface area contributed by atoms with Crippen molar-refractivity contribution in [1.29, 1.82) is 0 Å². The van der Waals surface area contributed by atoms with Gasteiger partial charge in [0.05, 0.1) is 21.8 Å². The van der Waals surface area contributed by atoms with Gasteiger partial charge >= 0.3 is 0 Å². The minimum absolute atomic E-state index is 0.152. The van der Waals surface area contributed by atoms with Crippen LogP contribution in [0.2, 0.25) is 5.02 Å². The van der Waals surface area contributed by atoms with Gasteiger partial charge in [-0.15, -0.1) is 5.10 Å². The van der Waals surface area contributed by atoms with Gasteiger partial charge < -0.3 is 0 Å². The summed E-state index contributed by atoms with van der Waals surface area (Å²) < 4.78 is 1.36. The van der Waals surface area contributed by atoms with E-state index < -0.39 is 4.92 Å². The molecule has 0 aliphatic heterocycles. The molecule has 0 radical (unpaired) electrons. The summed E-state index contributed by atoms with van der Waals surface area (Å²) in [4.78, 5) is 13.8. The Hall–Kier alpha value is -2.02. The number of hydrogen-bond acceptors (Lipinski definition) is 5. The zero-order valence-electron chi connectivity index (χ0n) is 8.16. The first-order valence-corrected chi connectivity index (χ1v) is 4.65. The van der Waals surface area contributed by atoms with Crippen molar-refractivity contribution in [2.45, 2.75) is 6.92 Å². The Balaban J connectivity index is 2.47. The maximum atomic E-state index is 10.5. The molecule has 0 saturated carbocycles. The van der Waals surface area contributed by atoms with Crippen LogP contribution in [0.3, 0.4) is 0 Å². The van der Waals surface area contributed by atoms with E-state index in [1.165, 1.54) is 10.7 Å². The van der Waals surface area contributed by atoms with Crippen LogP contribution in [-0.2, 0) is 0 Å². The Kier molecular flexibility index (Phi) is 2.53. The smallest absolute Gasteiger partial charge is 0.258 e. The molecule has 0 N–H and O–H groups in total. The second-order valence-corrected chi connectivity index (χ2v) is 3.47. The van der Waals surface area contributed by atoms with E-state index in [1.54, 1.807) is 13.1 Å². The molecular weight excluding hydrogens is 234 g/mol. The van der Waals surface area contributed by atoms with Gasteiger partial charge in [0, 0.05) is 6.07 Å². The predicted molar refractivity (Wildman–Crippen MR) is 55.6 cm³/mol. The number of aryl methyl sites for hydroxylation is 1. The summed E-state index contributed by atoms with van der Waals surface area (Å²) in [5.74, 6) is 0.313. The van der Waals surface area contributed by atoms with Gasteiger partial charge in [0.2, 0.25) is 0 Å². The quantitative estimate of drug-likeness (QED) is 0.586. The third kappa shape index (κ3) is 1.84. The lowest BCUT2D eigenvalue weighted by Crippen LogP contribution is -2.00. The molecule has 8 heteroatoms. The fraction of sp³-hybridized carbons (Fsp3) is 0.125. The third-order valence-electron chi connectivity index (χ3n) is 1.84. The van der Waals surface area contributed by atoms with Crippen LogP contribution < -0.4 is 0 Å². The fourth-order valence-electron chi connectivity index (χ4n) is 1.14. The molecule has 0 aromatic carbocycles. The second-order valence-electron chi connectivity index (χ2n) is 3.06. The van der Waals surface area contributed by atoms with Gasteiger partial charge in [-0.3, -0.25) is 10.1 Å². The Morgan fingerprint density at radius 1 is 1.56 bits per heavy atom. The van der Waals surface area contributed by atoms with Crippen molar-refractivity contribution in [2.24, 2.45) is 0 Å². The van der Waals surface area contributed by atoms with Gasteiger partial charge in [-0.25, -0.2) is 9.67 Å². The number of aromatic nitrogens is 4. The summed E-state index contributed by atoms with van der Waals surface area (Å²) in [5, 5.41) is 18.2. The molecule has 0 bridgehead atoms. The minimum atomic E-state index is -0.560. The summed E-state index contributed by atoms with van der Waals surface area (Å²) in [6, 6.07) is 1.22. The largest absolute Gasteiger partial charge is 0.289 e. The van der Waals surface area contributed by atoms with E-state index in [0.29, 0.717) is 11.5 Å². The Morgan fingerprint density at radius 3 is 2.81 bits per heavy atom. The average Bonchev–Trinajstić information content (AvgIpc) is 2.64. The molecule has 2 rings (SSSR count). The van der Waals surface area contributed by atoms with Crippen LogP contribution in [0, 0.1) is 17.0 Å². The van der Waals surface area contributed by atoms with Gasteiger partial charge in [-0.05, 0) is 6.92 Å². The molecule has 0 fully saturated rings. The highest BCUT2D eigenvalue weighted by molar-refractivity contribution is 6.32. The first-order chi connectivity index (χ1) is 7.58. The maximum Gasteiger partial charge on any atom is 0.289 e. The SMILES string of the molecule is Cc1cn(-c2ncc([N+](=O)[O-])cc2Cl)nn1. The lowest BCUT2D eigenvalue weighted by Gasteiger charge is -2.00. The summed E-state index contributed by atoms with van der Waals surface area (Å²) in [6.07, 6.45) is 2.75. The highest BCUT2D eigenvalue weighted by Gasteiger charge is 2.12. The molecule has 2 aromatic rings. The van der Waals surface area contributed by atoms with Crippen LogP contribution in [0.25, 0.3) is 5.82 Å². The molecule has 2 heterocycles. The average molecular weight is 240 g/mol. The standard InChI is InChI=1S/C8H6ClN5O2/c1-5-4-13(12-11-5)8-7(9)2-6(3-10-8)14(15)16/h2-4H,1H3. The second kappa shape index (κ2) is 3.86. The summed E-state index contributed by atoms with van der Waals surface area (Å²) in [7, 11) is 0. The summed E-state index contributed by atoms with van der Waals surface area (Å²) in [6.45, 7) is 1.77. The van der Waals surface area contributed by atoms with Gasteiger partial charge in [0.15, 0.2) is 5.82 Å². The van der Waals surface area contributed by atoms with E-state index in [0.717, 1.165) is 6.20 Å². The highest BCUT2D eigenvalue weighted by atomic mass is 35.5. The van der Waals surface area contributed by atoms with Crippen molar-refractivity contribution < 1.29 is 4.92 Å². The molecule has 0 saturated heterocycles. The van der Waals surface area contributed by atoms with Crippen molar-refractivity contribution >= 4 is 17.3 Å². The van der Waals surface area contributed by atoms with E-state index in [-0.39, 0.29) is 10.7 Å². The van der Waals surface area contributed by atoms with Crippen LogP contribution in [0.15, 0.2) is 18.5 Å². The predicted octanol–water partition coefficient (Wildman–Crippen LogP) is 1.53. The number of nitrogens with zero attached hydrogens (tertiary/aromatic N) is 5. The molecule has 82 valence electrons. The number of rotatable bonds is 2. The zero-order chi connectivity index (χ0) is 11.7. The van der Waals surface area contributed by atoms with Gasteiger partial charge in [0.1, 0.15) is 6.20 Å². The van der Waals surface area contributed by atoms with Crippen molar-refractivity contribution in [2.75, 3.05) is 0 Å². The molecule has 0 amide bonds. The van der Waals surface area contributed by atoms with E-state index in [4.69, 9.17) is 11.6 Å². The normalized spacial score (nSPS) is 10.4. The third-order valence-corrected chi connectivity index (χ3v) is 2.12. The number of pyridine rings is 1. The molecular formula is C8H6ClN5O2. The molecule has 2 aromatic heterocycles. The molecule has 0 atom stereocenters.